The summed E-state index contributed by atoms with van der Waals surface area (Å²) in [5.74, 6) is -0.729. The van der Waals surface area contributed by atoms with E-state index in [-0.39, 0.29) is 18.0 Å². The fourth-order valence-corrected chi connectivity index (χ4v) is 1.52. The van der Waals surface area contributed by atoms with Crippen LogP contribution in [-0.4, -0.2) is 18.4 Å². The van der Waals surface area contributed by atoms with E-state index in [4.69, 9.17) is 4.74 Å². The van der Waals surface area contributed by atoms with Gasteiger partial charge < -0.3 is 4.74 Å². The van der Waals surface area contributed by atoms with Crippen molar-refractivity contribution in [3.05, 3.63) is 22.8 Å². The number of carbonyl (C=O) groups excluding carboxylic acids is 2. The lowest BCUT2D eigenvalue weighted by molar-refractivity contribution is -0.139. The molecule has 3 nitrogen and oxygen atoms in total. The van der Waals surface area contributed by atoms with Crippen LogP contribution < -0.4 is 0 Å². The molecule has 17 heavy (non-hydrogen) atoms. The highest BCUT2D eigenvalue weighted by Gasteiger charge is 2.18. The Balaban J connectivity index is 4.81. The van der Waals surface area contributed by atoms with Gasteiger partial charge in [0.2, 0.25) is 0 Å². The van der Waals surface area contributed by atoms with Gasteiger partial charge in [-0.25, -0.2) is 4.79 Å². The van der Waals surface area contributed by atoms with Crippen molar-refractivity contribution in [3.8, 4) is 0 Å². The number of rotatable bonds is 6. The molecule has 0 bridgehead atoms. The highest BCUT2D eigenvalue weighted by Crippen LogP contribution is 2.14. The van der Waals surface area contributed by atoms with Gasteiger partial charge in [0.1, 0.15) is 5.57 Å². The average molecular weight is 238 g/mol. The molecule has 0 amide bonds. The number of allylic oxidation sites excluding steroid dienone is 3. The standard InChI is InChI=1S/C14H22O3/c1-6-17-14(16)13(12(5)15)11(4)9-7-8-10(2)3/h8H,6-7,9H2,1-5H3/b13-11-. The number of ether oxygens (including phenoxy) is 1. The average Bonchev–Trinajstić information content (AvgIpc) is 2.16. The Morgan fingerprint density at radius 3 is 2.12 bits per heavy atom. The Bertz CT molecular complexity index is 344. The van der Waals surface area contributed by atoms with Crippen LogP contribution in [0.2, 0.25) is 0 Å². The monoisotopic (exact) mass is 238 g/mol. The van der Waals surface area contributed by atoms with E-state index in [1.54, 1.807) is 6.92 Å². The van der Waals surface area contributed by atoms with Crippen LogP contribution >= 0.6 is 0 Å². The van der Waals surface area contributed by atoms with Gasteiger partial charge in [0, 0.05) is 0 Å². The molecule has 0 saturated carbocycles. The largest absolute Gasteiger partial charge is 0.462 e. The summed E-state index contributed by atoms with van der Waals surface area (Å²) in [5, 5.41) is 0. The molecule has 0 aliphatic carbocycles. The number of hydrogen-bond donors (Lipinski definition) is 0. The van der Waals surface area contributed by atoms with E-state index in [0.29, 0.717) is 6.42 Å². The van der Waals surface area contributed by atoms with Gasteiger partial charge in [-0.05, 0) is 47.5 Å². The molecule has 0 atom stereocenters. The third-order valence-electron chi connectivity index (χ3n) is 2.33. The van der Waals surface area contributed by atoms with E-state index < -0.39 is 5.97 Å². The molecule has 0 rings (SSSR count). The van der Waals surface area contributed by atoms with Crippen molar-refractivity contribution >= 4 is 11.8 Å². The molecule has 0 aliphatic rings. The van der Waals surface area contributed by atoms with E-state index in [2.05, 4.69) is 6.08 Å². The molecule has 0 aliphatic heterocycles. The Morgan fingerprint density at radius 2 is 1.71 bits per heavy atom. The second-order valence-corrected chi connectivity index (χ2v) is 4.25. The molecule has 0 radical (unpaired) electrons. The van der Waals surface area contributed by atoms with Gasteiger partial charge in [0.25, 0.3) is 0 Å². The van der Waals surface area contributed by atoms with Gasteiger partial charge in [0.05, 0.1) is 6.61 Å². The first kappa shape index (κ1) is 15.6. The number of hydrogen-bond acceptors (Lipinski definition) is 3. The van der Waals surface area contributed by atoms with Crippen LogP contribution in [0.1, 0.15) is 47.5 Å². The summed E-state index contributed by atoms with van der Waals surface area (Å²) in [5.41, 5.74) is 2.24. The maximum atomic E-state index is 11.6. The van der Waals surface area contributed by atoms with Crippen LogP contribution in [0.5, 0.6) is 0 Å². The van der Waals surface area contributed by atoms with Gasteiger partial charge in [-0.3, -0.25) is 4.79 Å². The summed E-state index contributed by atoms with van der Waals surface area (Å²) < 4.78 is 4.88. The molecule has 0 heterocycles. The highest BCUT2D eigenvalue weighted by atomic mass is 16.5. The molecule has 0 aromatic carbocycles. The third kappa shape index (κ3) is 6.05. The van der Waals surface area contributed by atoms with Gasteiger partial charge >= 0.3 is 5.97 Å². The van der Waals surface area contributed by atoms with Crippen LogP contribution in [-0.2, 0) is 14.3 Å². The predicted octanol–water partition coefficient (Wildman–Crippen LogP) is 3.20. The summed E-state index contributed by atoms with van der Waals surface area (Å²) in [4.78, 5) is 23.0. The molecule has 0 spiro atoms. The van der Waals surface area contributed by atoms with Gasteiger partial charge in [-0.15, -0.1) is 0 Å². The van der Waals surface area contributed by atoms with E-state index in [1.165, 1.54) is 12.5 Å². The van der Waals surface area contributed by atoms with Crippen molar-refractivity contribution < 1.29 is 14.3 Å². The quantitative estimate of drug-likeness (QED) is 0.235. The van der Waals surface area contributed by atoms with Crippen LogP contribution in [0.3, 0.4) is 0 Å². The fourth-order valence-electron chi connectivity index (χ4n) is 1.52. The Labute approximate surface area is 104 Å². The van der Waals surface area contributed by atoms with Gasteiger partial charge in [-0.1, -0.05) is 17.2 Å². The summed E-state index contributed by atoms with van der Waals surface area (Å²) in [7, 11) is 0. The molecule has 0 saturated heterocycles. The lowest BCUT2D eigenvalue weighted by Crippen LogP contribution is -2.15. The number of Topliss-reactive ketones (excluding diaryl/α,β-unsaturated/α-hetero) is 1. The molecule has 96 valence electrons. The third-order valence-corrected chi connectivity index (χ3v) is 2.33. The minimum atomic E-state index is -0.505. The van der Waals surface area contributed by atoms with Crippen LogP contribution in [0.15, 0.2) is 22.8 Å². The normalized spacial score (nSPS) is 11.6. The van der Waals surface area contributed by atoms with E-state index in [9.17, 15) is 9.59 Å². The number of ketones is 1. The zero-order valence-electron chi connectivity index (χ0n) is 11.4. The summed E-state index contributed by atoms with van der Waals surface area (Å²) in [6.45, 7) is 9.28. The summed E-state index contributed by atoms with van der Waals surface area (Å²) in [6.07, 6.45) is 3.63. The summed E-state index contributed by atoms with van der Waals surface area (Å²) in [6, 6.07) is 0. The molecule has 0 unspecified atom stereocenters. The number of esters is 1. The van der Waals surface area contributed by atoms with Crippen molar-refractivity contribution in [2.75, 3.05) is 6.61 Å². The van der Waals surface area contributed by atoms with Crippen molar-refractivity contribution in [2.24, 2.45) is 0 Å². The Kier molecular flexibility index (Phi) is 7.19. The van der Waals surface area contributed by atoms with Crippen LogP contribution in [0, 0.1) is 0 Å². The van der Waals surface area contributed by atoms with Crippen LogP contribution in [0.25, 0.3) is 0 Å². The maximum absolute atomic E-state index is 11.6. The second kappa shape index (κ2) is 7.82. The smallest absolute Gasteiger partial charge is 0.341 e. The molecule has 0 aromatic rings. The molecule has 3 heteroatoms. The van der Waals surface area contributed by atoms with Gasteiger partial charge in [0.15, 0.2) is 5.78 Å². The first-order valence-electron chi connectivity index (χ1n) is 5.91. The van der Waals surface area contributed by atoms with Crippen molar-refractivity contribution in [2.45, 2.75) is 47.5 Å². The van der Waals surface area contributed by atoms with Crippen molar-refractivity contribution in [1.82, 2.24) is 0 Å². The first-order valence-corrected chi connectivity index (χ1v) is 5.91. The first-order chi connectivity index (χ1) is 7.90. The molecular formula is C14H22O3. The lowest BCUT2D eigenvalue weighted by atomic mass is 10.0. The topological polar surface area (TPSA) is 43.4 Å². The minimum absolute atomic E-state index is 0.203. The van der Waals surface area contributed by atoms with Crippen molar-refractivity contribution in [1.29, 1.82) is 0 Å². The van der Waals surface area contributed by atoms with Gasteiger partial charge in [-0.2, -0.15) is 0 Å². The predicted molar refractivity (Wildman–Crippen MR) is 68.7 cm³/mol. The number of carbonyl (C=O) groups is 2. The SMILES string of the molecule is CCOC(=O)/C(C(C)=O)=C(/C)CCC=C(C)C. The molecular weight excluding hydrogens is 216 g/mol. The Morgan fingerprint density at radius 1 is 1.12 bits per heavy atom. The maximum Gasteiger partial charge on any atom is 0.341 e. The zero-order chi connectivity index (χ0) is 13.4. The van der Waals surface area contributed by atoms with E-state index >= 15 is 0 Å². The summed E-state index contributed by atoms with van der Waals surface area (Å²) >= 11 is 0. The molecule has 0 aromatic heterocycles. The second-order valence-electron chi connectivity index (χ2n) is 4.25. The zero-order valence-corrected chi connectivity index (χ0v) is 11.4. The van der Waals surface area contributed by atoms with E-state index in [1.807, 2.05) is 20.8 Å². The minimum Gasteiger partial charge on any atom is -0.462 e. The fraction of sp³-hybridized carbons (Fsp3) is 0.571. The molecule has 0 N–H and O–H groups in total. The highest BCUT2D eigenvalue weighted by molar-refractivity contribution is 6.16. The van der Waals surface area contributed by atoms with Crippen LogP contribution in [0.4, 0.5) is 0 Å². The lowest BCUT2D eigenvalue weighted by Gasteiger charge is -2.08. The molecule has 0 fully saturated rings. The Hall–Kier alpha value is -1.38. The van der Waals surface area contributed by atoms with E-state index in [0.717, 1.165) is 12.0 Å². The van der Waals surface area contributed by atoms with Crippen molar-refractivity contribution in [3.63, 3.8) is 0 Å².